The first-order valence-corrected chi connectivity index (χ1v) is 11.3. The highest BCUT2D eigenvalue weighted by atomic mass is 79.9. The lowest BCUT2D eigenvalue weighted by Gasteiger charge is -2.11. The first-order chi connectivity index (χ1) is 13.7. The Hall–Kier alpha value is -1.86. The standard InChI is InChI=1S/C22H28BrNO4S/c1-6-27-22(26)20-14(4)15(5)29-21(20)24-19(25)8-7-11-28-18-10-9-16(13(2)3)12-17(18)23/h9-10,12-13H,6-8,11H2,1-5H3,(H,24,25). The molecule has 0 atom stereocenters. The Labute approximate surface area is 184 Å². The topological polar surface area (TPSA) is 64.6 Å². The molecule has 2 rings (SSSR count). The number of ether oxygens (including phenoxy) is 2. The van der Waals surface area contributed by atoms with Gasteiger partial charge < -0.3 is 14.8 Å². The van der Waals surface area contributed by atoms with Gasteiger partial charge in [0.2, 0.25) is 5.91 Å². The van der Waals surface area contributed by atoms with E-state index in [1.54, 1.807) is 6.92 Å². The lowest BCUT2D eigenvalue weighted by Crippen LogP contribution is -2.15. The predicted molar refractivity (Wildman–Crippen MR) is 121 cm³/mol. The Morgan fingerprint density at radius 1 is 1.24 bits per heavy atom. The van der Waals surface area contributed by atoms with E-state index in [9.17, 15) is 9.59 Å². The third-order valence-corrected chi connectivity index (χ3v) is 6.29. The Morgan fingerprint density at radius 2 is 1.97 bits per heavy atom. The van der Waals surface area contributed by atoms with E-state index in [4.69, 9.17) is 9.47 Å². The molecular formula is C22H28BrNO4S. The van der Waals surface area contributed by atoms with E-state index in [0.29, 0.717) is 42.5 Å². The van der Waals surface area contributed by atoms with Crippen LogP contribution in [0.4, 0.5) is 5.00 Å². The fourth-order valence-corrected chi connectivity index (χ4v) is 4.34. The molecule has 29 heavy (non-hydrogen) atoms. The van der Waals surface area contributed by atoms with Crippen LogP contribution in [0, 0.1) is 13.8 Å². The van der Waals surface area contributed by atoms with Crippen molar-refractivity contribution in [2.75, 3.05) is 18.5 Å². The van der Waals surface area contributed by atoms with Gasteiger partial charge in [0, 0.05) is 11.3 Å². The number of aryl methyl sites for hydroxylation is 1. The van der Waals surface area contributed by atoms with E-state index in [0.717, 1.165) is 20.7 Å². The number of carbonyl (C=O) groups is 2. The van der Waals surface area contributed by atoms with Crippen LogP contribution >= 0.6 is 27.3 Å². The van der Waals surface area contributed by atoms with Crippen LogP contribution in [0.2, 0.25) is 0 Å². The molecule has 2 aromatic rings. The Bertz CT molecular complexity index is 876. The molecular weight excluding hydrogens is 454 g/mol. The van der Waals surface area contributed by atoms with Crippen molar-refractivity contribution in [1.82, 2.24) is 0 Å². The zero-order valence-corrected chi connectivity index (χ0v) is 20.0. The van der Waals surface area contributed by atoms with Gasteiger partial charge >= 0.3 is 5.97 Å². The highest BCUT2D eigenvalue weighted by Gasteiger charge is 2.21. The van der Waals surface area contributed by atoms with Crippen molar-refractivity contribution < 1.29 is 19.1 Å². The maximum atomic E-state index is 12.3. The summed E-state index contributed by atoms with van der Waals surface area (Å²) in [5.41, 5.74) is 2.54. The fraction of sp³-hybridized carbons (Fsp3) is 0.455. The number of thiophene rings is 1. The molecule has 0 aliphatic heterocycles. The molecule has 0 aliphatic carbocycles. The van der Waals surface area contributed by atoms with Gasteiger partial charge in [0.05, 0.1) is 23.2 Å². The maximum Gasteiger partial charge on any atom is 0.341 e. The second kappa shape index (κ2) is 10.8. The number of amides is 1. The normalized spacial score (nSPS) is 10.9. The average molecular weight is 482 g/mol. The van der Waals surface area contributed by atoms with Gasteiger partial charge in [0.25, 0.3) is 0 Å². The molecule has 0 unspecified atom stereocenters. The van der Waals surface area contributed by atoms with E-state index in [-0.39, 0.29) is 5.91 Å². The number of carbonyl (C=O) groups excluding carboxylic acids is 2. The highest BCUT2D eigenvalue weighted by Crippen LogP contribution is 2.33. The number of nitrogens with one attached hydrogen (secondary N) is 1. The van der Waals surface area contributed by atoms with Crippen LogP contribution in [0.1, 0.15) is 65.9 Å². The molecule has 0 saturated carbocycles. The van der Waals surface area contributed by atoms with Crippen molar-refractivity contribution in [3.05, 3.63) is 44.2 Å². The Morgan fingerprint density at radius 3 is 2.59 bits per heavy atom. The van der Waals surface area contributed by atoms with Crippen LogP contribution < -0.4 is 10.1 Å². The number of benzene rings is 1. The molecule has 1 aromatic carbocycles. The molecule has 0 radical (unpaired) electrons. The second-order valence-corrected chi connectivity index (χ2v) is 9.13. The van der Waals surface area contributed by atoms with E-state index >= 15 is 0 Å². The second-order valence-electron chi connectivity index (χ2n) is 7.05. The van der Waals surface area contributed by atoms with Crippen molar-refractivity contribution in [3.8, 4) is 5.75 Å². The van der Waals surface area contributed by atoms with Gasteiger partial charge in [-0.1, -0.05) is 19.9 Å². The van der Waals surface area contributed by atoms with Gasteiger partial charge in [-0.05, 0) is 72.3 Å². The van der Waals surface area contributed by atoms with Crippen LogP contribution in [-0.4, -0.2) is 25.1 Å². The molecule has 0 bridgehead atoms. The van der Waals surface area contributed by atoms with E-state index in [2.05, 4.69) is 47.2 Å². The first-order valence-electron chi connectivity index (χ1n) is 9.73. The zero-order valence-electron chi connectivity index (χ0n) is 17.6. The summed E-state index contributed by atoms with van der Waals surface area (Å²) in [6.45, 7) is 10.6. The van der Waals surface area contributed by atoms with Crippen LogP contribution in [0.25, 0.3) is 0 Å². The van der Waals surface area contributed by atoms with Crippen LogP contribution in [0.3, 0.4) is 0 Å². The van der Waals surface area contributed by atoms with Gasteiger partial charge in [-0.3, -0.25) is 4.79 Å². The third kappa shape index (κ3) is 6.31. The van der Waals surface area contributed by atoms with Gasteiger partial charge in [0.15, 0.2) is 0 Å². The Kier molecular flexibility index (Phi) is 8.71. The predicted octanol–water partition coefficient (Wildman–Crippen LogP) is 6.23. The summed E-state index contributed by atoms with van der Waals surface area (Å²) >= 11 is 4.93. The van der Waals surface area contributed by atoms with Gasteiger partial charge in [-0.15, -0.1) is 11.3 Å². The number of esters is 1. The number of halogens is 1. The smallest absolute Gasteiger partial charge is 0.341 e. The molecule has 0 saturated heterocycles. The monoisotopic (exact) mass is 481 g/mol. The van der Waals surface area contributed by atoms with Crippen molar-refractivity contribution in [2.24, 2.45) is 0 Å². The molecule has 0 aliphatic rings. The van der Waals surface area contributed by atoms with Crippen LogP contribution in [0.5, 0.6) is 5.75 Å². The lowest BCUT2D eigenvalue weighted by atomic mass is 10.0. The minimum atomic E-state index is -0.400. The number of rotatable bonds is 9. The molecule has 0 spiro atoms. The summed E-state index contributed by atoms with van der Waals surface area (Å²) in [4.78, 5) is 25.5. The summed E-state index contributed by atoms with van der Waals surface area (Å²) in [7, 11) is 0. The molecule has 1 heterocycles. The average Bonchev–Trinajstić information content (AvgIpc) is 2.93. The molecule has 5 nitrogen and oxygen atoms in total. The number of hydrogen-bond acceptors (Lipinski definition) is 5. The van der Waals surface area contributed by atoms with Crippen molar-refractivity contribution >= 4 is 44.1 Å². The molecule has 1 aromatic heterocycles. The van der Waals surface area contributed by atoms with Crippen molar-refractivity contribution in [1.29, 1.82) is 0 Å². The highest BCUT2D eigenvalue weighted by molar-refractivity contribution is 9.10. The third-order valence-electron chi connectivity index (χ3n) is 4.55. The maximum absolute atomic E-state index is 12.3. The first kappa shape index (κ1) is 23.4. The summed E-state index contributed by atoms with van der Waals surface area (Å²) in [6.07, 6.45) is 0.877. The van der Waals surface area contributed by atoms with Gasteiger partial charge in [-0.25, -0.2) is 4.79 Å². The Balaban J connectivity index is 1.88. The van der Waals surface area contributed by atoms with Crippen LogP contribution in [0.15, 0.2) is 22.7 Å². The van der Waals surface area contributed by atoms with Gasteiger partial charge in [0.1, 0.15) is 10.8 Å². The number of hydrogen-bond donors (Lipinski definition) is 1. The minimum Gasteiger partial charge on any atom is -0.492 e. The van der Waals surface area contributed by atoms with E-state index in [1.165, 1.54) is 16.9 Å². The van der Waals surface area contributed by atoms with Crippen molar-refractivity contribution in [3.63, 3.8) is 0 Å². The fourth-order valence-electron chi connectivity index (χ4n) is 2.76. The molecule has 7 heteroatoms. The minimum absolute atomic E-state index is 0.144. The van der Waals surface area contributed by atoms with Crippen LogP contribution in [-0.2, 0) is 9.53 Å². The van der Waals surface area contributed by atoms with Crippen molar-refractivity contribution in [2.45, 2.75) is 53.4 Å². The molecule has 158 valence electrons. The van der Waals surface area contributed by atoms with E-state index in [1.807, 2.05) is 19.9 Å². The SMILES string of the molecule is CCOC(=O)c1c(NC(=O)CCCOc2ccc(C(C)C)cc2Br)sc(C)c1C. The summed E-state index contributed by atoms with van der Waals surface area (Å²) in [5, 5.41) is 3.41. The largest absolute Gasteiger partial charge is 0.492 e. The zero-order chi connectivity index (χ0) is 21.6. The molecule has 0 fully saturated rings. The summed E-state index contributed by atoms with van der Waals surface area (Å²) in [6, 6.07) is 6.06. The quantitative estimate of drug-likeness (QED) is 0.340. The summed E-state index contributed by atoms with van der Waals surface area (Å²) in [5.74, 6) is 0.675. The number of anilines is 1. The summed E-state index contributed by atoms with van der Waals surface area (Å²) < 4.78 is 11.8. The van der Waals surface area contributed by atoms with Gasteiger partial charge in [-0.2, -0.15) is 0 Å². The molecule has 1 amide bonds. The lowest BCUT2D eigenvalue weighted by molar-refractivity contribution is -0.116. The van der Waals surface area contributed by atoms with E-state index < -0.39 is 5.97 Å². The molecule has 1 N–H and O–H groups in total.